The van der Waals surface area contributed by atoms with Gasteiger partial charge in [-0.25, -0.2) is 13.2 Å². The van der Waals surface area contributed by atoms with E-state index in [9.17, 15) is 18.3 Å². The second kappa shape index (κ2) is 16.5. The number of alkyl halides is 3. The third-order valence-corrected chi connectivity index (χ3v) is 12.1. The number of nitrogens with one attached hydrogen (secondary N) is 1. The summed E-state index contributed by atoms with van der Waals surface area (Å²) >= 11 is 0. The van der Waals surface area contributed by atoms with Crippen LogP contribution in [-0.4, -0.2) is 77.6 Å². The van der Waals surface area contributed by atoms with Crippen LogP contribution in [0, 0.1) is 28.1 Å². The fourth-order valence-corrected chi connectivity index (χ4v) is 5.74. The fourth-order valence-electron chi connectivity index (χ4n) is 5.74. The van der Waals surface area contributed by atoms with E-state index in [1.54, 1.807) is 0 Å². The van der Waals surface area contributed by atoms with Crippen molar-refractivity contribution in [2.45, 2.75) is 197 Å². The standard InChI is InChI=1S/C39H79F3N2O4/c1-27(25-47-33(8,9)22-29(3)44-24-30(45)23-32(6,7)39(41,42)36(14,15)40)34(10,11)38(18,19)46-21-20-31(4,5)37(16,17)48-26-28(2)35(12,13)43/h27-30,44-45H,20-26,43H2,1-19H3. The zero-order chi connectivity index (χ0) is 38.6. The summed E-state index contributed by atoms with van der Waals surface area (Å²) in [7, 11) is 0. The smallest absolute Gasteiger partial charge is 0.285 e. The highest BCUT2D eigenvalue weighted by Crippen LogP contribution is 2.48. The van der Waals surface area contributed by atoms with Crippen LogP contribution in [0.2, 0.25) is 0 Å². The van der Waals surface area contributed by atoms with Crippen molar-refractivity contribution in [3.63, 3.8) is 0 Å². The lowest BCUT2D eigenvalue weighted by atomic mass is 9.68. The molecule has 9 heteroatoms. The van der Waals surface area contributed by atoms with Crippen molar-refractivity contribution in [3.05, 3.63) is 0 Å². The highest BCUT2D eigenvalue weighted by Gasteiger charge is 2.58. The van der Waals surface area contributed by atoms with Gasteiger partial charge < -0.3 is 30.4 Å². The van der Waals surface area contributed by atoms with Crippen molar-refractivity contribution in [2.75, 3.05) is 26.4 Å². The van der Waals surface area contributed by atoms with E-state index >= 15 is 0 Å². The Bertz CT molecular complexity index is 965. The van der Waals surface area contributed by atoms with Gasteiger partial charge in [0.25, 0.3) is 5.92 Å². The topological polar surface area (TPSA) is 86.0 Å². The first-order chi connectivity index (χ1) is 21.0. The van der Waals surface area contributed by atoms with E-state index in [2.05, 4.69) is 74.6 Å². The van der Waals surface area contributed by atoms with Crippen LogP contribution in [0.4, 0.5) is 13.2 Å². The Hall–Kier alpha value is -0.450. The minimum Gasteiger partial charge on any atom is -0.392 e. The molecule has 0 spiro atoms. The maximum Gasteiger partial charge on any atom is 0.285 e. The molecule has 0 aliphatic carbocycles. The second-order valence-corrected chi connectivity index (χ2v) is 19.5. The Morgan fingerprint density at radius 2 is 1.12 bits per heavy atom. The molecule has 0 heterocycles. The Morgan fingerprint density at radius 1 is 0.646 bits per heavy atom. The van der Waals surface area contributed by atoms with Gasteiger partial charge in [0.15, 0.2) is 5.67 Å². The average Bonchev–Trinajstić information content (AvgIpc) is 2.86. The summed E-state index contributed by atoms with van der Waals surface area (Å²) in [5, 5.41) is 13.8. The Balaban J connectivity index is 5.08. The van der Waals surface area contributed by atoms with Crippen molar-refractivity contribution in [1.29, 1.82) is 0 Å². The van der Waals surface area contributed by atoms with Crippen molar-refractivity contribution in [2.24, 2.45) is 33.8 Å². The molecule has 4 atom stereocenters. The molecule has 0 amide bonds. The van der Waals surface area contributed by atoms with Gasteiger partial charge in [0.1, 0.15) is 0 Å². The molecule has 0 radical (unpaired) electrons. The lowest BCUT2D eigenvalue weighted by molar-refractivity contribution is -0.201. The molecule has 6 nitrogen and oxygen atoms in total. The molecule has 0 aliphatic heterocycles. The van der Waals surface area contributed by atoms with Crippen LogP contribution in [0.1, 0.15) is 151 Å². The molecule has 48 heavy (non-hydrogen) atoms. The number of ether oxygens (including phenoxy) is 3. The van der Waals surface area contributed by atoms with Crippen molar-refractivity contribution in [1.82, 2.24) is 5.32 Å². The monoisotopic (exact) mass is 697 g/mol. The number of rotatable bonds is 23. The van der Waals surface area contributed by atoms with E-state index < -0.39 is 34.3 Å². The highest BCUT2D eigenvalue weighted by molar-refractivity contribution is 4.98. The van der Waals surface area contributed by atoms with Crippen LogP contribution in [0.15, 0.2) is 0 Å². The minimum absolute atomic E-state index is 0.0411. The van der Waals surface area contributed by atoms with Crippen LogP contribution in [0.3, 0.4) is 0 Å². The predicted octanol–water partition coefficient (Wildman–Crippen LogP) is 9.35. The Labute approximate surface area is 294 Å². The molecule has 0 fully saturated rings. The number of hydrogen-bond acceptors (Lipinski definition) is 6. The second-order valence-electron chi connectivity index (χ2n) is 19.5. The first-order valence-corrected chi connectivity index (χ1v) is 18.1. The molecule has 0 bridgehead atoms. The number of halogens is 3. The summed E-state index contributed by atoms with van der Waals surface area (Å²) in [6.45, 7) is 38.2. The fraction of sp³-hybridized carbons (Fsp3) is 1.00. The molecule has 0 aliphatic rings. The summed E-state index contributed by atoms with van der Waals surface area (Å²) < 4.78 is 63.1. The van der Waals surface area contributed by atoms with Crippen LogP contribution in [-0.2, 0) is 14.2 Å². The van der Waals surface area contributed by atoms with E-state index in [0.29, 0.717) is 26.2 Å². The first-order valence-electron chi connectivity index (χ1n) is 18.1. The molecular weight excluding hydrogens is 617 g/mol. The predicted molar refractivity (Wildman–Crippen MR) is 195 cm³/mol. The summed E-state index contributed by atoms with van der Waals surface area (Å²) in [6, 6.07) is -0.0411. The highest BCUT2D eigenvalue weighted by atomic mass is 19.3. The van der Waals surface area contributed by atoms with Crippen molar-refractivity contribution in [3.8, 4) is 0 Å². The molecule has 0 saturated carbocycles. The molecule has 0 aromatic rings. The van der Waals surface area contributed by atoms with Gasteiger partial charge in [-0.3, -0.25) is 0 Å². The van der Waals surface area contributed by atoms with E-state index in [1.807, 2.05) is 34.6 Å². The number of nitrogens with two attached hydrogens (primary N) is 1. The van der Waals surface area contributed by atoms with Crippen LogP contribution in [0.25, 0.3) is 0 Å². The summed E-state index contributed by atoms with van der Waals surface area (Å²) in [5.74, 6) is -3.18. The van der Waals surface area contributed by atoms with Crippen molar-refractivity contribution >= 4 is 0 Å². The van der Waals surface area contributed by atoms with Gasteiger partial charge in [0, 0.05) is 30.1 Å². The molecule has 4 unspecified atom stereocenters. The summed E-state index contributed by atoms with van der Waals surface area (Å²) in [6.07, 6.45) is 0.218. The normalized spacial score (nSPS) is 17.8. The Kier molecular flexibility index (Phi) is 16.3. The molecule has 0 saturated heterocycles. The zero-order valence-corrected chi connectivity index (χ0v) is 34.6. The van der Waals surface area contributed by atoms with Crippen LogP contribution in [0.5, 0.6) is 0 Å². The molecule has 0 rings (SSSR count). The quantitative estimate of drug-likeness (QED) is 0.0988. The van der Waals surface area contributed by atoms with Gasteiger partial charge in [0.2, 0.25) is 0 Å². The number of aliphatic hydroxyl groups excluding tert-OH is 1. The van der Waals surface area contributed by atoms with Crippen LogP contribution >= 0.6 is 0 Å². The molecule has 4 N–H and O–H groups in total. The first kappa shape index (κ1) is 47.5. The van der Waals surface area contributed by atoms with E-state index in [1.165, 1.54) is 13.8 Å². The third kappa shape index (κ3) is 13.3. The lowest BCUT2D eigenvalue weighted by Gasteiger charge is -2.47. The number of aliphatic hydroxyl groups is 1. The van der Waals surface area contributed by atoms with E-state index in [0.717, 1.165) is 20.3 Å². The van der Waals surface area contributed by atoms with Gasteiger partial charge in [-0.05, 0) is 118 Å². The largest absolute Gasteiger partial charge is 0.392 e. The third-order valence-electron chi connectivity index (χ3n) is 12.1. The molecule has 290 valence electrons. The van der Waals surface area contributed by atoms with Crippen LogP contribution < -0.4 is 11.1 Å². The van der Waals surface area contributed by atoms with E-state index in [-0.39, 0.29) is 52.8 Å². The van der Waals surface area contributed by atoms with Gasteiger partial charge in [-0.15, -0.1) is 0 Å². The van der Waals surface area contributed by atoms with Gasteiger partial charge in [-0.1, -0.05) is 55.4 Å². The van der Waals surface area contributed by atoms with Gasteiger partial charge in [0.05, 0.1) is 36.1 Å². The maximum atomic E-state index is 14.7. The van der Waals surface area contributed by atoms with Gasteiger partial charge >= 0.3 is 0 Å². The SMILES string of the molecule is CC(CC(C)(C)OCC(C)C(C)(C)C(C)(C)OCCC(C)(C)C(C)(C)OCC(C)C(C)(C)N)NCC(O)CC(C)(C)C(F)(F)C(C)(C)F. The molecule has 0 aromatic heterocycles. The van der Waals surface area contributed by atoms with Crippen molar-refractivity contribution < 1.29 is 32.5 Å². The molecular formula is C39H79F3N2O4. The average molecular weight is 697 g/mol. The lowest BCUT2D eigenvalue weighted by Crippen LogP contribution is -2.52. The zero-order valence-electron chi connectivity index (χ0n) is 34.6. The maximum absolute atomic E-state index is 14.7. The molecule has 0 aromatic carbocycles. The van der Waals surface area contributed by atoms with E-state index in [4.69, 9.17) is 19.9 Å². The Morgan fingerprint density at radius 3 is 1.58 bits per heavy atom. The minimum atomic E-state index is -3.59. The number of hydrogen-bond donors (Lipinski definition) is 3. The summed E-state index contributed by atoms with van der Waals surface area (Å²) in [5.41, 5.74) is 0.00881. The van der Waals surface area contributed by atoms with Gasteiger partial charge in [-0.2, -0.15) is 0 Å². The summed E-state index contributed by atoms with van der Waals surface area (Å²) in [4.78, 5) is 0.